The van der Waals surface area contributed by atoms with Crippen molar-refractivity contribution in [1.29, 1.82) is 0 Å². The molecule has 0 aliphatic rings. The lowest BCUT2D eigenvalue weighted by Crippen LogP contribution is -2.25. The molecule has 0 aromatic heterocycles. The van der Waals surface area contributed by atoms with Crippen LogP contribution in [0.15, 0.2) is 24.3 Å². The first kappa shape index (κ1) is 14.5. The number of carboxylic acid groups (broad SMARTS) is 1. The van der Waals surface area contributed by atoms with E-state index in [9.17, 15) is 4.79 Å². The van der Waals surface area contributed by atoms with Crippen molar-refractivity contribution in [3.8, 4) is 5.75 Å². The second-order valence-electron chi connectivity index (χ2n) is 4.34. The third-order valence-corrected chi connectivity index (χ3v) is 2.93. The largest absolute Gasteiger partial charge is 0.494 e. The topological polar surface area (TPSA) is 58.6 Å². The van der Waals surface area contributed by atoms with E-state index < -0.39 is 5.97 Å². The molecule has 0 aliphatic heterocycles. The van der Waals surface area contributed by atoms with E-state index in [0.29, 0.717) is 6.61 Å². The van der Waals surface area contributed by atoms with Gasteiger partial charge in [-0.2, -0.15) is 0 Å². The molecule has 4 nitrogen and oxygen atoms in total. The lowest BCUT2D eigenvalue weighted by atomic mass is 9.92. The smallest absolute Gasteiger partial charge is 0.303 e. The zero-order valence-corrected chi connectivity index (χ0v) is 11.1. The van der Waals surface area contributed by atoms with Crippen LogP contribution in [-0.4, -0.2) is 24.7 Å². The fraction of sp³-hybridized carbons (Fsp3) is 0.500. The second-order valence-corrected chi connectivity index (χ2v) is 4.34. The monoisotopic (exact) mass is 251 g/mol. The van der Waals surface area contributed by atoms with Gasteiger partial charge in [0.1, 0.15) is 5.75 Å². The van der Waals surface area contributed by atoms with E-state index in [-0.39, 0.29) is 18.4 Å². The molecule has 1 rings (SSSR count). The molecule has 0 amide bonds. The van der Waals surface area contributed by atoms with Crippen LogP contribution < -0.4 is 10.1 Å². The molecule has 0 radical (unpaired) electrons. The van der Waals surface area contributed by atoms with Crippen LogP contribution in [0.4, 0.5) is 0 Å². The Kier molecular flexibility index (Phi) is 5.65. The average Bonchev–Trinajstić information content (AvgIpc) is 2.31. The molecule has 0 fully saturated rings. The molecule has 0 heterocycles. The molecule has 100 valence electrons. The normalized spacial score (nSPS) is 13.9. The standard InChI is InChI=1S/C14H21NO3/c1-4-18-12-7-5-11(6-8-12)14(15-3)10(2)9-13(16)17/h5-8,10,14-15H,4,9H2,1-3H3,(H,16,17). The SMILES string of the molecule is CCOc1ccc(C(NC)C(C)CC(=O)O)cc1. The summed E-state index contributed by atoms with van der Waals surface area (Å²) in [7, 11) is 1.85. The van der Waals surface area contributed by atoms with E-state index in [2.05, 4.69) is 5.32 Å². The summed E-state index contributed by atoms with van der Waals surface area (Å²) in [5.74, 6) is 0.0983. The molecule has 1 aromatic rings. The summed E-state index contributed by atoms with van der Waals surface area (Å²) in [4.78, 5) is 10.8. The average molecular weight is 251 g/mol. The zero-order chi connectivity index (χ0) is 13.5. The predicted molar refractivity (Wildman–Crippen MR) is 70.8 cm³/mol. The van der Waals surface area contributed by atoms with Gasteiger partial charge in [-0.25, -0.2) is 0 Å². The number of benzene rings is 1. The first-order valence-electron chi connectivity index (χ1n) is 6.20. The minimum Gasteiger partial charge on any atom is -0.494 e. The van der Waals surface area contributed by atoms with Crippen LogP contribution in [0.3, 0.4) is 0 Å². The van der Waals surface area contributed by atoms with Crippen LogP contribution >= 0.6 is 0 Å². The summed E-state index contributed by atoms with van der Waals surface area (Å²) < 4.78 is 5.38. The molecule has 2 unspecified atom stereocenters. The number of hydrogen-bond acceptors (Lipinski definition) is 3. The molecule has 0 spiro atoms. The van der Waals surface area contributed by atoms with E-state index in [1.165, 1.54) is 0 Å². The van der Waals surface area contributed by atoms with Gasteiger partial charge < -0.3 is 15.2 Å². The highest BCUT2D eigenvalue weighted by Gasteiger charge is 2.19. The molecule has 0 aliphatic carbocycles. The lowest BCUT2D eigenvalue weighted by Gasteiger charge is -2.23. The Morgan fingerprint density at radius 1 is 1.39 bits per heavy atom. The molecule has 0 saturated heterocycles. The van der Waals surface area contributed by atoms with Crippen molar-refractivity contribution in [2.45, 2.75) is 26.3 Å². The number of rotatable bonds is 7. The van der Waals surface area contributed by atoms with Gasteiger partial charge in [0, 0.05) is 12.5 Å². The van der Waals surface area contributed by atoms with Gasteiger partial charge >= 0.3 is 5.97 Å². The van der Waals surface area contributed by atoms with Crippen molar-refractivity contribution in [3.05, 3.63) is 29.8 Å². The van der Waals surface area contributed by atoms with E-state index in [0.717, 1.165) is 11.3 Å². The van der Waals surface area contributed by atoms with Crippen LogP contribution in [0.5, 0.6) is 5.75 Å². The summed E-state index contributed by atoms with van der Waals surface area (Å²) >= 11 is 0. The third kappa shape index (κ3) is 4.04. The Balaban J connectivity index is 2.78. The number of nitrogens with one attached hydrogen (secondary N) is 1. The minimum atomic E-state index is -0.770. The number of hydrogen-bond donors (Lipinski definition) is 2. The van der Waals surface area contributed by atoms with Crippen molar-refractivity contribution in [2.24, 2.45) is 5.92 Å². The number of carboxylic acids is 1. The van der Waals surface area contributed by atoms with Gasteiger partial charge in [0.25, 0.3) is 0 Å². The van der Waals surface area contributed by atoms with E-state index >= 15 is 0 Å². The van der Waals surface area contributed by atoms with Gasteiger partial charge in [0.15, 0.2) is 0 Å². The Morgan fingerprint density at radius 3 is 2.44 bits per heavy atom. The van der Waals surface area contributed by atoms with E-state index in [1.807, 2.05) is 45.2 Å². The zero-order valence-electron chi connectivity index (χ0n) is 11.1. The van der Waals surface area contributed by atoms with Gasteiger partial charge in [-0.15, -0.1) is 0 Å². The fourth-order valence-electron chi connectivity index (χ4n) is 2.11. The molecule has 4 heteroatoms. The number of carbonyl (C=O) groups is 1. The first-order valence-corrected chi connectivity index (χ1v) is 6.20. The lowest BCUT2D eigenvalue weighted by molar-refractivity contribution is -0.138. The van der Waals surface area contributed by atoms with Crippen LogP contribution in [0.2, 0.25) is 0 Å². The van der Waals surface area contributed by atoms with Crippen molar-refractivity contribution < 1.29 is 14.6 Å². The van der Waals surface area contributed by atoms with Gasteiger partial charge in [-0.05, 0) is 37.6 Å². The number of ether oxygens (including phenoxy) is 1. The van der Waals surface area contributed by atoms with Crippen LogP contribution in [0.1, 0.15) is 31.9 Å². The van der Waals surface area contributed by atoms with Crippen LogP contribution in [0.25, 0.3) is 0 Å². The maximum Gasteiger partial charge on any atom is 0.303 e. The summed E-state index contributed by atoms with van der Waals surface area (Å²) in [6.45, 7) is 4.52. The highest BCUT2D eigenvalue weighted by atomic mass is 16.5. The van der Waals surface area contributed by atoms with Crippen LogP contribution in [0, 0.1) is 5.92 Å². The molecule has 0 bridgehead atoms. The minimum absolute atomic E-state index is 0.0328. The first-order chi connectivity index (χ1) is 8.58. The maximum atomic E-state index is 10.8. The molecular weight excluding hydrogens is 230 g/mol. The van der Waals surface area contributed by atoms with Gasteiger partial charge in [-0.1, -0.05) is 19.1 Å². The Bertz CT molecular complexity index is 375. The molecule has 2 N–H and O–H groups in total. The molecule has 2 atom stereocenters. The maximum absolute atomic E-state index is 10.8. The summed E-state index contributed by atoms with van der Waals surface area (Å²) in [5.41, 5.74) is 1.08. The second kappa shape index (κ2) is 7.01. The van der Waals surface area contributed by atoms with E-state index in [4.69, 9.17) is 9.84 Å². The van der Waals surface area contributed by atoms with Crippen molar-refractivity contribution >= 4 is 5.97 Å². The highest BCUT2D eigenvalue weighted by molar-refractivity contribution is 5.67. The summed E-state index contributed by atoms with van der Waals surface area (Å²) in [6, 6.07) is 7.82. The molecular formula is C14H21NO3. The van der Waals surface area contributed by atoms with E-state index in [1.54, 1.807) is 0 Å². The predicted octanol–water partition coefficient (Wildman–Crippen LogP) is 2.46. The highest BCUT2D eigenvalue weighted by Crippen LogP contribution is 2.25. The summed E-state index contributed by atoms with van der Waals surface area (Å²) in [6.07, 6.45) is 0.152. The van der Waals surface area contributed by atoms with Gasteiger partial charge in [0.05, 0.1) is 6.61 Å². The fourth-order valence-corrected chi connectivity index (χ4v) is 2.11. The van der Waals surface area contributed by atoms with Crippen molar-refractivity contribution in [3.63, 3.8) is 0 Å². The van der Waals surface area contributed by atoms with Gasteiger partial charge in [0.2, 0.25) is 0 Å². The summed E-state index contributed by atoms with van der Waals surface area (Å²) in [5, 5.41) is 12.0. The van der Waals surface area contributed by atoms with Crippen molar-refractivity contribution in [1.82, 2.24) is 5.32 Å². The Hall–Kier alpha value is -1.55. The third-order valence-electron chi connectivity index (χ3n) is 2.93. The molecule has 18 heavy (non-hydrogen) atoms. The van der Waals surface area contributed by atoms with Crippen LogP contribution in [-0.2, 0) is 4.79 Å². The molecule has 1 aromatic carbocycles. The quantitative estimate of drug-likeness (QED) is 0.781. The van der Waals surface area contributed by atoms with Gasteiger partial charge in [-0.3, -0.25) is 4.79 Å². The molecule has 0 saturated carbocycles. The Labute approximate surface area is 108 Å². The number of aliphatic carboxylic acids is 1. The van der Waals surface area contributed by atoms with Crippen molar-refractivity contribution in [2.75, 3.05) is 13.7 Å². The Morgan fingerprint density at radius 2 is 2.00 bits per heavy atom.